The number of rotatable bonds is 2. The molecule has 0 aliphatic carbocycles. The Balaban J connectivity index is 2.66. The van der Waals surface area contributed by atoms with Gasteiger partial charge >= 0.3 is 5.97 Å². The van der Waals surface area contributed by atoms with E-state index in [0.717, 1.165) is 27.8 Å². The van der Waals surface area contributed by atoms with E-state index in [1.165, 1.54) is 7.11 Å². The minimum Gasteiger partial charge on any atom is -0.508 e. The first-order valence-electron chi connectivity index (χ1n) is 6.44. The van der Waals surface area contributed by atoms with Crippen LogP contribution in [0.15, 0.2) is 30.3 Å². The number of hydrogen-bond donors (Lipinski definition) is 1. The van der Waals surface area contributed by atoms with Gasteiger partial charge in [0.15, 0.2) is 0 Å². The highest BCUT2D eigenvalue weighted by Gasteiger charge is 2.15. The fourth-order valence-electron chi connectivity index (χ4n) is 2.36. The average Bonchev–Trinajstić information content (AvgIpc) is 2.45. The molecule has 0 heterocycles. The van der Waals surface area contributed by atoms with E-state index in [4.69, 9.17) is 4.74 Å². The number of esters is 1. The summed E-state index contributed by atoms with van der Waals surface area (Å²) >= 11 is 0. The standard InChI is InChI=1S/C17H18O3/c1-10-11(2)16(18)9-8-14(10)13-6-5-7-15(12(13)3)17(19)20-4/h5-9,18H,1-4H3. The summed E-state index contributed by atoms with van der Waals surface area (Å²) in [6.07, 6.45) is 0. The predicted octanol–water partition coefficient (Wildman–Crippen LogP) is 3.77. The molecule has 2 aromatic rings. The number of methoxy groups -OCH3 is 1. The van der Waals surface area contributed by atoms with Crippen LogP contribution in [0.2, 0.25) is 0 Å². The van der Waals surface area contributed by atoms with Crippen LogP contribution >= 0.6 is 0 Å². The van der Waals surface area contributed by atoms with Crippen molar-refractivity contribution in [2.75, 3.05) is 7.11 Å². The van der Waals surface area contributed by atoms with E-state index in [1.54, 1.807) is 12.1 Å². The summed E-state index contributed by atoms with van der Waals surface area (Å²) in [6, 6.07) is 9.13. The summed E-state index contributed by atoms with van der Waals surface area (Å²) in [5.41, 5.74) is 5.31. The Labute approximate surface area is 118 Å². The molecule has 0 saturated carbocycles. The monoisotopic (exact) mass is 270 g/mol. The number of phenolic OH excluding ortho intramolecular Hbond substituents is 1. The zero-order valence-electron chi connectivity index (χ0n) is 12.2. The molecule has 0 aliphatic rings. The second-order valence-electron chi connectivity index (χ2n) is 4.85. The van der Waals surface area contributed by atoms with E-state index < -0.39 is 0 Å². The Bertz CT molecular complexity index is 672. The van der Waals surface area contributed by atoms with Crippen molar-refractivity contribution in [3.8, 4) is 16.9 Å². The summed E-state index contributed by atoms with van der Waals surface area (Å²) in [4.78, 5) is 11.8. The molecule has 0 bridgehead atoms. The fourth-order valence-corrected chi connectivity index (χ4v) is 2.36. The van der Waals surface area contributed by atoms with E-state index in [2.05, 4.69) is 0 Å². The number of hydrogen-bond acceptors (Lipinski definition) is 3. The minimum atomic E-state index is -0.336. The molecule has 0 spiro atoms. The van der Waals surface area contributed by atoms with Crippen LogP contribution < -0.4 is 0 Å². The van der Waals surface area contributed by atoms with Gasteiger partial charge in [0.25, 0.3) is 0 Å². The van der Waals surface area contributed by atoms with Gasteiger partial charge in [-0.3, -0.25) is 0 Å². The molecular formula is C17H18O3. The number of aromatic hydroxyl groups is 1. The van der Waals surface area contributed by atoms with Crippen molar-refractivity contribution in [3.05, 3.63) is 52.6 Å². The average molecular weight is 270 g/mol. The maximum Gasteiger partial charge on any atom is 0.338 e. The van der Waals surface area contributed by atoms with Gasteiger partial charge in [0, 0.05) is 0 Å². The molecule has 3 heteroatoms. The molecule has 0 aromatic heterocycles. The first-order valence-corrected chi connectivity index (χ1v) is 6.44. The lowest BCUT2D eigenvalue weighted by atomic mass is 9.91. The fraction of sp³-hybridized carbons (Fsp3) is 0.235. The number of phenols is 1. The summed E-state index contributed by atoms with van der Waals surface area (Å²) in [7, 11) is 1.38. The van der Waals surface area contributed by atoms with Gasteiger partial charge < -0.3 is 9.84 Å². The number of ether oxygens (including phenoxy) is 1. The van der Waals surface area contributed by atoms with Crippen molar-refractivity contribution in [3.63, 3.8) is 0 Å². The van der Waals surface area contributed by atoms with Gasteiger partial charge in [-0.15, -0.1) is 0 Å². The zero-order valence-corrected chi connectivity index (χ0v) is 12.2. The van der Waals surface area contributed by atoms with Crippen molar-refractivity contribution < 1.29 is 14.6 Å². The van der Waals surface area contributed by atoms with Crippen molar-refractivity contribution >= 4 is 5.97 Å². The van der Waals surface area contributed by atoms with E-state index in [0.29, 0.717) is 5.56 Å². The summed E-state index contributed by atoms with van der Waals surface area (Å²) < 4.78 is 4.80. The molecule has 0 fully saturated rings. The molecule has 0 unspecified atom stereocenters. The lowest BCUT2D eigenvalue weighted by Crippen LogP contribution is -2.04. The SMILES string of the molecule is COC(=O)c1cccc(-c2ccc(O)c(C)c2C)c1C. The van der Waals surface area contributed by atoms with E-state index in [9.17, 15) is 9.90 Å². The first-order chi connectivity index (χ1) is 9.47. The molecule has 104 valence electrons. The number of carbonyl (C=O) groups excluding carboxylic acids is 1. The van der Waals surface area contributed by atoms with E-state index >= 15 is 0 Å². The third-order valence-electron chi connectivity index (χ3n) is 3.79. The highest BCUT2D eigenvalue weighted by Crippen LogP contribution is 2.33. The summed E-state index contributed by atoms with van der Waals surface area (Å²) in [5.74, 6) is -0.0504. The van der Waals surface area contributed by atoms with Crippen molar-refractivity contribution in [2.45, 2.75) is 20.8 Å². The Morgan fingerprint density at radius 1 is 0.950 bits per heavy atom. The first kappa shape index (κ1) is 14.1. The third kappa shape index (κ3) is 2.27. The maximum absolute atomic E-state index is 11.8. The molecule has 0 aliphatic heterocycles. The number of benzene rings is 2. The smallest absolute Gasteiger partial charge is 0.338 e. The summed E-state index contributed by atoms with van der Waals surface area (Å²) in [5, 5.41) is 9.75. The van der Waals surface area contributed by atoms with Gasteiger partial charge in [-0.2, -0.15) is 0 Å². The van der Waals surface area contributed by atoms with Crippen molar-refractivity contribution in [1.82, 2.24) is 0 Å². The molecule has 2 aromatic carbocycles. The highest BCUT2D eigenvalue weighted by molar-refractivity contribution is 5.93. The maximum atomic E-state index is 11.8. The Morgan fingerprint density at radius 2 is 1.60 bits per heavy atom. The van der Waals surface area contributed by atoms with Gasteiger partial charge in [0.05, 0.1) is 12.7 Å². The molecular weight excluding hydrogens is 252 g/mol. The van der Waals surface area contributed by atoms with Gasteiger partial charge in [-0.05, 0) is 60.7 Å². The predicted molar refractivity (Wildman–Crippen MR) is 79.1 cm³/mol. The molecule has 20 heavy (non-hydrogen) atoms. The van der Waals surface area contributed by atoms with Gasteiger partial charge in [-0.25, -0.2) is 4.79 Å². The van der Waals surface area contributed by atoms with E-state index in [1.807, 2.05) is 39.0 Å². The topological polar surface area (TPSA) is 46.5 Å². The normalized spacial score (nSPS) is 10.4. The van der Waals surface area contributed by atoms with Gasteiger partial charge in [-0.1, -0.05) is 18.2 Å². The van der Waals surface area contributed by atoms with Crippen LogP contribution in [-0.4, -0.2) is 18.2 Å². The Morgan fingerprint density at radius 3 is 2.25 bits per heavy atom. The molecule has 2 rings (SSSR count). The lowest BCUT2D eigenvalue weighted by molar-refractivity contribution is 0.0600. The lowest BCUT2D eigenvalue weighted by Gasteiger charge is -2.14. The van der Waals surface area contributed by atoms with Crippen LogP contribution in [-0.2, 0) is 4.74 Å². The van der Waals surface area contributed by atoms with Crippen molar-refractivity contribution in [1.29, 1.82) is 0 Å². The largest absolute Gasteiger partial charge is 0.508 e. The minimum absolute atomic E-state index is 0.285. The third-order valence-corrected chi connectivity index (χ3v) is 3.79. The molecule has 0 radical (unpaired) electrons. The van der Waals surface area contributed by atoms with Crippen LogP contribution in [0.4, 0.5) is 0 Å². The Kier molecular flexibility index (Phi) is 3.79. The van der Waals surface area contributed by atoms with Crippen LogP contribution in [0.3, 0.4) is 0 Å². The molecule has 0 saturated heterocycles. The van der Waals surface area contributed by atoms with Gasteiger partial charge in [0.2, 0.25) is 0 Å². The quantitative estimate of drug-likeness (QED) is 0.845. The van der Waals surface area contributed by atoms with Crippen LogP contribution in [0.25, 0.3) is 11.1 Å². The second-order valence-corrected chi connectivity index (χ2v) is 4.85. The Hall–Kier alpha value is -2.29. The number of carbonyl (C=O) groups is 1. The second kappa shape index (κ2) is 5.37. The molecule has 3 nitrogen and oxygen atoms in total. The highest BCUT2D eigenvalue weighted by atomic mass is 16.5. The van der Waals surface area contributed by atoms with Crippen molar-refractivity contribution in [2.24, 2.45) is 0 Å². The van der Waals surface area contributed by atoms with Gasteiger partial charge in [0.1, 0.15) is 5.75 Å². The van der Waals surface area contributed by atoms with Crippen LogP contribution in [0.1, 0.15) is 27.0 Å². The summed E-state index contributed by atoms with van der Waals surface area (Å²) in [6.45, 7) is 5.76. The van der Waals surface area contributed by atoms with E-state index in [-0.39, 0.29) is 11.7 Å². The molecule has 0 amide bonds. The molecule has 0 atom stereocenters. The zero-order chi connectivity index (χ0) is 14.9. The molecule has 1 N–H and O–H groups in total. The van der Waals surface area contributed by atoms with Crippen LogP contribution in [0, 0.1) is 20.8 Å². The van der Waals surface area contributed by atoms with Crippen LogP contribution in [0.5, 0.6) is 5.75 Å².